The van der Waals surface area contributed by atoms with E-state index < -0.39 is 0 Å². The Kier molecular flexibility index (Phi) is 8.99. The maximum absolute atomic E-state index is 5.86. The summed E-state index contributed by atoms with van der Waals surface area (Å²) in [7, 11) is 1.76. The second kappa shape index (κ2) is 11.5. The van der Waals surface area contributed by atoms with Gasteiger partial charge in [-0.3, -0.25) is 4.99 Å². The molecule has 2 aromatic carbocycles. The number of nitrogens with one attached hydrogen (secondary N) is 2. The van der Waals surface area contributed by atoms with E-state index in [0.717, 1.165) is 37.0 Å². The molecule has 0 aliphatic carbocycles. The molecule has 0 aliphatic heterocycles. The van der Waals surface area contributed by atoms with Crippen LogP contribution in [-0.4, -0.2) is 40.9 Å². The highest BCUT2D eigenvalue weighted by Crippen LogP contribution is 2.20. The van der Waals surface area contributed by atoms with E-state index in [2.05, 4.69) is 57.0 Å². The standard InChI is InChI=1S/C20H26N6O.HI/c1-3-26-15-24-25-19(26)14-23-20(21-2)22-11-6-12-27-18-10-9-16-7-4-5-8-17(16)13-18;/h4-5,7-10,13,15H,3,6,11-12,14H2,1-2H3,(H2,21,22,23);1H. The van der Waals surface area contributed by atoms with Crippen molar-refractivity contribution in [3.63, 3.8) is 0 Å². The fourth-order valence-corrected chi connectivity index (χ4v) is 2.79. The van der Waals surface area contributed by atoms with Crippen LogP contribution in [-0.2, 0) is 13.1 Å². The first-order chi connectivity index (χ1) is 13.3. The van der Waals surface area contributed by atoms with Crippen LogP contribution in [0.25, 0.3) is 10.8 Å². The summed E-state index contributed by atoms with van der Waals surface area (Å²) in [6.07, 6.45) is 2.61. The lowest BCUT2D eigenvalue weighted by atomic mass is 10.1. The monoisotopic (exact) mass is 494 g/mol. The SMILES string of the molecule is CCn1cnnc1CNC(=NC)NCCCOc1ccc2ccccc2c1.I. The van der Waals surface area contributed by atoms with E-state index in [-0.39, 0.29) is 24.0 Å². The third kappa shape index (κ3) is 6.08. The minimum atomic E-state index is 0. The van der Waals surface area contributed by atoms with E-state index in [0.29, 0.717) is 13.2 Å². The summed E-state index contributed by atoms with van der Waals surface area (Å²) < 4.78 is 7.85. The van der Waals surface area contributed by atoms with Crippen LogP contribution in [0.5, 0.6) is 5.75 Å². The van der Waals surface area contributed by atoms with Crippen molar-refractivity contribution in [1.29, 1.82) is 0 Å². The molecule has 0 spiro atoms. The first-order valence-corrected chi connectivity index (χ1v) is 9.23. The molecule has 0 atom stereocenters. The second-order valence-electron chi connectivity index (χ2n) is 6.10. The Bertz CT molecular complexity index is 895. The molecule has 2 N–H and O–H groups in total. The molecule has 3 rings (SSSR count). The molecule has 28 heavy (non-hydrogen) atoms. The zero-order valence-electron chi connectivity index (χ0n) is 16.3. The smallest absolute Gasteiger partial charge is 0.191 e. The van der Waals surface area contributed by atoms with Crippen molar-refractivity contribution >= 4 is 40.7 Å². The number of benzene rings is 2. The predicted octanol–water partition coefficient (Wildman–Crippen LogP) is 3.20. The van der Waals surface area contributed by atoms with E-state index in [1.165, 1.54) is 10.8 Å². The largest absolute Gasteiger partial charge is 0.494 e. The van der Waals surface area contributed by atoms with Gasteiger partial charge in [-0.2, -0.15) is 0 Å². The Hall–Kier alpha value is -2.36. The minimum absolute atomic E-state index is 0. The average Bonchev–Trinajstić information content (AvgIpc) is 3.17. The van der Waals surface area contributed by atoms with E-state index in [9.17, 15) is 0 Å². The highest BCUT2D eigenvalue weighted by Gasteiger charge is 2.04. The topological polar surface area (TPSA) is 76.4 Å². The van der Waals surface area contributed by atoms with Gasteiger partial charge in [0.2, 0.25) is 0 Å². The maximum atomic E-state index is 5.86. The van der Waals surface area contributed by atoms with Crippen LogP contribution in [0.1, 0.15) is 19.2 Å². The van der Waals surface area contributed by atoms with Crippen LogP contribution in [0.4, 0.5) is 0 Å². The van der Waals surface area contributed by atoms with E-state index >= 15 is 0 Å². The highest BCUT2D eigenvalue weighted by atomic mass is 127. The zero-order chi connectivity index (χ0) is 18.9. The molecule has 1 aromatic heterocycles. The van der Waals surface area contributed by atoms with Gasteiger partial charge >= 0.3 is 0 Å². The molecule has 0 radical (unpaired) electrons. The lowest BCUT2D eigenvalue weighted by molar-refractivity contribution is 0.311. The normalized spacial score (nSPS) is 11.1. The Morgan fingerprint density at radius 2 is 1.96 bits per heavy atom. The third-order valence-corrected chi connectivity index (χ3v) is 4.28. The number of ether oxygens (including phenoxy) is 1. The number of guanidine groups is 1. The third-order valence-electron chi connectivity index (χ3n) is 4.28. The molecule has 0 bridgehead atoms. The molecule has 7 nitrogen and oxygen atoms in total. The van der Waals surface area contributed by atoms with Crippen LogP contribution >= 0.6 is 24.0 Å². The summed E-state index contributed by atoms with van der Waals surface area (Å²) in [6, 6.07) is 14.5. The molecule has 0 aliphatic rings. The van der Waals surface area contributed by atoms with Gasteiger partial charge in [0.1, 0.15) is 12.1 Å². The highest BCUT2D eigenvalue weighted by molar-refractivity contribution is 14.0. The molecule has 8 heteroatoms. The Morgan fingerprint density at radius 1 is 1.14 bits per heavy atom. The average molecular weight is 494 g/mol. The molecular weight excluding hydrogens is 467 g/mol. The predicted molar refractivity (Wildman–Crippen MR) is 123 cm³/mol. The number of rotatable bonds is 8. The fraction of sp³-hybridized carbons (Fsp3) is 0.350. The first-order valence-electron chi connectivity index (χ1n) is 9.23. The van der Waals surface area contributed by atoms with Gasteiger partial charge in [0.15, 0.2) is 11.8 Å². The zero-order valence-corrected chi connectivity index (χ0v) is 18.6. The summed E-state index contributed by atoms with van der Waals surface area (Å²) in [4.78, 5) is 4.23. The van der Waals surface area contributed by atoms with Gasteiger partial charge in [-0.15, -0.1) is 34.2 Å². The van der Waals surface area contributed by atoms with Crippen molar-refractivity contribution in [3.05, 3.63) is 54.6 Å². The summed E-state index contributed by atoms with van der Waals surface area (Å²) in [5.41, 5.74) is 0. The molecule has 0 saturated heterocycles. The van der Waals surface area contributed by atoms with Crippen LogP contribution in [0.15, 0.2) is 53.8 Å². The first kappa shape index (κ1) is 21.9. The molecule has 3 aromatic rings. The minimum Gasteiger partial charge on any atom is -0.494 e. The summed E-state index contributed by atoms with van der Waals surface area (Å²) in [6.45, 7) is 4.92. The molecule has 0 amide bonds. The Morgan fingerprint density at radius 3 is 2.75 bits per heavy atom. The molecule has 0 unspecified atom stereocenters. The number of aliphatic imine (C=N–C) groups is 1. The van der Waals surface area contributed by atoms with Gasteiger partial charge in [-0.25, -0.2) is 0 Å². The number of fused-ring (bicyclic) bond motifs is 1. The van der Waals surface area contributed by atoms with Gasteiger partial charge in [0, 0.05) is 20.1 Å². The van der Waals surface area contributed by atoms with Crippen LogP contribution in [0.3, 0.4) is 0 Å². The number of hydrogen-bond donors (Lipinski definition) is 2. The van der Waals surface area contributed by atoms with Crippen molar-refractivity contribution in [2.75, 3.05) is 20.2 Å². The van der Waals surface area contributed by atoms with Gasteiger partial charge in [-0.05, 0) is 36.2 Å². The van der Waals surface area contributed by atoms with Gasteiger partial charge in [-0.1, -0.05) is 30.3 Å². The lowest BCUT2D eigenvalue weighted by Crippen LogP contribution is -2.38. The van der Waals surface area contributed by atoms with E-state index in [1.54, 1.807) is 13.4 Å². The summed E-state index contributed by atoms with van der Waals surface area (Å²) >= 11 is 0. The number of aryl methyl sites for hydroxylation is 1. The Labute approximate surface area is 182 Å². The lowest BCUT2D eigenvalue weighted by Gasteiger charge is -2.12. The van der Waals surface area contributed by atoms with Crippen molar-refractivity contribution in [3.8, 4) is 5.75 Å². The van der Waals surface area contributed by atoms with Crippen molar-refractivity contribution in [2.45, 2.75) is 26.4 Å². The molecule has 0 saturated carbocycles. The van der Waals surface area contributed by atoms with Gasteiger partial charge in [0.25, 0.3) is 0 Å². The summed E-state index contributed by atoms with van der Waals surface area (Å²) in [5, 5.41) is 17.0. The number of nitrogens with zero attached hydrogens (tertiary/aromatic N) is 4. The molecule has 0 fully saturated rings. The summed E-state index contributed by atoms with van der Waals surface area (Å²) in [5.74, 6) is 2.53. The van der Waals surface area contributed by atoms with Crippen LogP contribution in [0.2, 0.25) is 0 Å². The second-order valence-corrected chi connectivity index (χ2v) is 6.10. The van der Waals surface area contributed by atoms with Crippen LogP contribution in [0, 0.1) is 0 Å². The fourth-order valence-electron chi connectivity index (χ4n) is 2.79. The quantitative estimate of drug-likeness (QED) is 0.218. The van der Waals surface area contributed by atoms with Crippen molar-refractivity contribution in [1.82, 2.24) is 25.4 Å². The van der Waals surface area contributed by atoms with Crippen LogP contribution < -0.4 is 15.4 Å². The molecule has 150 valence electrons. The number of aromatic nitrogens is 3. The number of halogens is 1. The maximum Gasteiger partial charge on any atom is 0.191 e. The van der Waals surface area contributed by atoms with E-state index in [1.807, 2.05) is 22.8 Å². The van der Waals surface area contributed by atoms with Crippen molar-refractivity contribution in [2.24, 2.45) is 4.99 Å². The van der Waals surface area contributed by atoms with E-state index in [4.69, 9.17) is 4.74 Å². The number of hydrogen-bond acceptors (Lipinski definition) is 4. The van der Waals surface area contributed by atoms with Gasteiger partial charge in [0.05, 0.1) is 13.2 Å². The Balaban J connectivity index is 0.00000280. The van der Waals surface area contributed by atoms with Gasteiger partial charge < -0.3 is 19.9 Å². The van der Waals surface area contributed by atoms with Crippen molar-refractivity contribution < 1.29 is 4.74 Å². The molecule has 1 heterocycles. The molecular formula is C20H27IN6O.